The number of hydrogen-bond donors (Lipinski definition) is 0. The summed E-state index contributed by atoms with van der Waals surface area (Å²) in [5.41, 5.74) is 3.54. The van der Waals surface area contributed by atoms with E-state index in [-0.39, 0.29) is 5.41 Å². The van der Waals surface area contributed by atoms with Crippen molar-refractivity contribution >= 4 is 5.71 Å². The highest BCUT2D eigenvalue weighted by atomic mass is 16.6. The summed E-state index contributed by atoms with van der Waals surface area (Å²) in [5.74, 6) is 0.846. The molecule has 0 bridgehead atoms. The van der Waals surface area contributed by atoms with Crippen LogP contribution in [0.25, 0.3) is 0 Å². The van der Waals surface area contributed by atoms with E-state index in [4.69, 9.17) is 9.57 Å². The zero-order chi connectivity index (χ0) is 17.4. The molecular formula is C21H27NO2. The number of para-hydroxylation sites is 1. The molecule has 3 heteroatoms. The zero-order valence-corrected chi connectivity index (χ0v) is 15.1. The summed E-state index contributed by atoms with van der Waals surface area (Å²) in [6, 6.07) is 18.3. The van der Waals surface area contributed by atoms with E-state index < -0.39 is 0 Å². The van der Waals surface area contributed by atoms with Crippen LogP contribution < -0.4 is 4.74 Å². The van der Waals surface area contributed by atoms with Crippen LogP contribution in [0.2, 0.25) is 0 Å². The van der Waals surface area contributed by atoms with Gasteiger partial charge in [0, 0.05) is 0 Å². The Morgan fingerprint density at radius 2 is 1.58 bits per heavy atom. The van der Waals surface area contributed by atoms with Crippen LogP contribution in [0.1, 0.15) is 45.2 Å². The normalized spacial score (nSPS) is 12.1. The van der Waals surface area contributed by atoms with Crippen LogP contribution in [0.3, 0.4) is 0 Å². The summed E-state index contributed by atoms with van der Waals surface area (Å²) in [7, 11) is 0. The number of hydrogen-bond acceptors (Lipinski definition) is 3. The predicted octanol–water partition coefficient (Wildman–Crippen LogP) is 5.19. The fourth-order valence-corrected chi connectivity index (χ4v) is 2.32. The lowest BCUT2D eigenvalue weighted by atomic mass is 9.86. The van der Waals surface area contributed by atoms with Crippen LogP contribution in [0.15, 0.2) is 59.8 Å². The van der Waals surface area contributed by atoms with Crippen molar-refractivity contribution < 1.29 is 9.57 Å². The minimum Gasteiger partial charge on any atom is -0.490 e. The standard InChI is InChI=1S/C21H27NO2/c1-5-20(17-11-13-18(14-12-17)21(2,3)4)22-24-16-15-23-19-9-7-6-8-10-19/h6-14H,5,15-16H2,1-4H3. The van der Waals surface area contributed by atoms with Crippen molar-refractivity contribution in [1.82, 2.24) is 0 Å². The number of rotatable bonds is 7. The zero-order valence-electron chi connectivity index (χ0n) is 15.1. The van der Waals surface area contributed by atoms with Gasteiger partial charge in [-0.15, -0.1) is 0 Å². The Hall–Kier alpha value is -2.29. The Bertz CT molecular complexity index is 640. The molecule has 3 nitrogen and oxygen atoms in total. The first-order valence-corrected chi connectivity index (χ1v) is 8.48. The monoisotopic (exact) mass is 325 g/mol. The Morgan fingerprint density at radius 3 is 2.17 bits per heavy atom. The summed E-state index contributed by atoms with van der Waals surface area (Å²) in [4.78, 5) is 5.42. The number of ether oxygens (including phenoxy) is 1. The molecule has 0 saturated heterocycles. The second-order valence-electron chi connectivity index (χ2n) is 6.71. The van der Waals surface area contributed by atoms with Gasteiger partial charge in [0.05, 0.1) is 5.71 Å². The highest BCUT2D eigenvalue weighted by Gasteiger charge is 2.13. The molecule has 0 atom stereocenters. The van der Waals surface area contributed by atoms with Crippen LogP contribution in [-0.2, 0) is 10.3 Å². The van der Waals surface area contributed by atoms with Gasteiger partial charge in [-0.1, -0.05) is 75.3 Å². The summed E-state index contributed by atoms with van der Waals surface area (Å²) < 4.78 is 5.59. The van der Waals surface area contributed by atoms with E-state index in [1.54, 1.807) is 0 Å². The van der Waals surface area contributed by atoms with Gasteiger partial charge in [0.1, 0.15) is 12.4 Å². The van der Waals surface area contributed by atoms with E-state index in [9.17, 15) is 0 Å². The Labute approximate surface area is 145 Å². The average Bonchev–Trinajstić information content (AvgIpc) is 2.58. The third kappa shape index (κ3) is 5.41. The van der Waals surface area contributed by atoms with Gasteiger partial charge in [-0.2, -0.15) is 0 Å². The van der Waals surface area contributed by atoms with Gasteiger partial charge in [-0.3, -0.25) is 0 Å². The Morgan fingerprint density at radius 1 is 0.917 bits per heavy atom. The highest BCUT2D eigenvalue weighted by Crippen LogP contribution is 2.22. The largest absolute Gasteiger partial charge is 0.490 e. The molecular weight excluding hydrogens is 298 g/mol. The third-order valence-electron chi connectivity index (χ3n) is 3.78. The fraction of sp³-hybridized carbons (Fsp3) is 0.381. The van der Waals surface area contributed by atoms with Gasteiger partial charge >= 0.3 is 0 Å². The summed E-state index contributed by atoms with van der Waals surface area (Å²) in [5, 5.41) is 4.27. The lowest BCUT2D eigenvalue weighted by Crippen LogP contribution is -2.11. The van der Waals surface area contributed by atoms with E-state index in [1.165, 1.54) is 5.56 Å². The van der Waals surface area contributed by atoms with Gasteiger partial charge in [0.25, 0.3) is 0 Å². The molecule has 0 N–H and O–H groups in total. The Balaban J connectivity index is 1.87. The molecule has 0 fully saturated rings. The molecule has 24 heavy (non-hydrogen) atoms. The molecule has 0 aromatic heterocycles. The average molecular weight is 325 g/mol. The van der Waals surface area contributed by atoms with Crippen molar-refractivity contribution in [2.75, 3.05) is 13.2 Å². The second kappa shape index (κ2) is 8.53. The Kier molecular flexibility index (Phi) is 6.42. The molecule has 2 rings (SSSR count). The van der Waals surface area contributed by atoms with Crippen LogP contribution in [-0.4, -0.2) is 18.9 Å². The van der Waals surface area contributed by atoms with Gasteiger partial charge in [-0.25, -0.2) is 0 Å². The first-order chi connectivity index (χ1) is 11.5. The summed E-state index contributed by atoms with van der Waals surface area (Å²) in [6.07, 6.45) is 0.828. The van der Waals surface area contributed by atoms with Gasteiger partial charge in [0.2, 0.25) is 0 Å². The maximum Gasteiger partial charge on any atom is 0.151 e. The van der Waals surface area contributed by atoms with Crippen LogP contribution >= 0.6 is 0 Å². The maximum atomic E-state index is 5.59. The van der Waals surface area contributed by atoms with Crippen LogP contribution in [0.4, 0.5) is 0 Å². The van der Waals surface area contributed by atoms with Crippen molar-refractivity contribution in [2.24, 2.45) is 5.16 Å². The van der Waals surface area contributed by atoms with Crippen LogP contribution in [0, 0.1) is 0 Å². The molecule has 0 amide bonds. The third-order valence-corrected chi connectivity index (χ3v) is 3.78. The molecule has 0 spiro atoms. The molecule has 0 saturated carbocycles. The van der Waals surface area contributed by atoms with Crippen molar-refractivity contribution in [3.05, 3.63) is 65.7 Å². The number of nitrogens with zero attached hydrogens (tertiary/aromatic N) is 1. The van der Waals surface area contributed by atoms with Gasteiger partial charge < -0.3 is 9.57 Å². The van der Waals surface area contributed by atoms with E-state index in [2.05, 4.69) is 57.1 Å². The van der Waals surface area contributed by atoms with Crippen LogP contribution in [0.5, 0.6) is 5.75 Å². The van der Waals surface area contributed by atoms with E-state index in [0.717, 1.165) is 23.4 Å². The number of benzene rings is 2. The van der Waals surface area contributed by atoms with Crippen molar-refractivity contribution in [1.29, 1.82) is 0 Å². The SMILES string of the molecule is CCC(=NOCCOc1ccccc1)c1ccc(C(C)(C)C)cc1. The minimum absolute atomic E-state index is 0.160. The predicted molar refractivity (Wildman–Crippen MR) is 99.9 cm³/mol. The minimum atomic E-state index is 0.160. The first kappa shape index (κ1) is 18.1. The van der Waals surface area contributed by atoms with Gasteiger partial charge in [0.15, 0.2) is 6.61 Å². The molecule has 0 aliphatic heterocycles. The molecule has 0 unspecified atom stereocenters. The smallest absolute Gasteiger partial charge is 0.151 e. The molecule has 0 aliphatic carbocycles. The quantitative estimate of drug-likeness (QED) is 0.398. The lowest BCUT2D eigenvalue weighted by Gasteiger charge is -2.19. The maximum absolute atomic E-state index is 5.59. The van der Waals surface area contributed by atoms with Crippen molar-refractivity contribution in [3.8, 4) is 5.75 Å². The number of oxime groups is 1. The van der Waals surface area contributed by atoms with E-state index >= 15 is 0 Å². The molecule has 2 aromatic carbocycles. The topological polar surface area (TPSA) is 30.8 Å². The van der Waals surface area contributed by atoms with Gasteiger partial charge in [-0.05, 0) is 35.1 Å². The summed E-state index contributed by atoms with van der Waals surface area (Å²) >= 11 is 0. The first-order valence-electron chi connectivity index (χ1n) is 8.48. The molecule has 2 aromatic rings. The van der Waals surface area contributed by atoms with E-state index in [0.29, 0.717) is 13.2 Å². The molecule has 0 heterocycles. The fourth-order valence-electron chi connectivity index (χ4n) is 2.32. The molecule has 0 aliphatic rings. The highest BCUT2D eigenvalue weighted by molar-refractivity contribution is 6.00. The summed E-state index contributed by atoms with van der Waals surface area (Å²) in [6.45, 7) is 9.64. The lowest BCUT2D eigenvalue weighted by molar-refractivity contribution is 0.107. The second-order valence-corrected chi connectivity index (χ2v) is 6.71. The molecule has 0 radical (unpaired) electrons. The van der Waals surface area contributed by atoms with Crippen molar-refractivity contribution in [2.45, 2.75) is 39.5 Å². The van der Waals surface area contributed by atoms with Crippen molar-refractivity contribution in [3.63, 3.8) is 0 Å². The molecule has 128 valence electrons. The van der Waals surface area contributed by atoms with E-state index in [1.807, 2.05) is 30.3 Å².